The van der Waals surface area contributed by atoms with E-state index in [-0.39, 0.29) is 5.41 Å². The summed E-state index contributed by atoms with van der Waals surface area (Å²) < 4.78 is 5.51. The first-order chi connectivity index (χ1) is 7.14. The fourth-order valence-corrected chi connectivity index (χ4v) is 1.15. The molecule has 1 aromatic rings. The maximum absolute atomic E-state index is 8.80. The second-order valence-corrected chi connectivity index (χ2v) is 4.28. The first-order valence-electron chi connectivity index (χ1n) is 5.17. The van der Waals surface area contributed by atoms with Gasteiger partial charge in [0.05, 0.1) is 18.1 Å². The van der Waals surface area contributed by atoms with Gasteiger partial charge in [0.15, 0.2) is 0 Å². The van der Waals surface area contributed by atoms with E-state index in [1.54, 1.807) is 0 Å². The third kappa shape index (κ3) is 4.62. The Kier molecular flexibility index (Phi) is 4.33. The number of benzene rings is 1. The van der Waals surface area contributed by atoms with Crippen molar-refractivity contribution < 1.29 is 4.74 Å². The molecule has 0 saturated carbocycles. The van der Waals surface area contributed by atoms with E-state index in [0.29, 0.717) is 13.2 Å². The molecule has 0 radical (unpaired) electrons. The minimum atomic E-state index is -0.281. The first-order valence-corrected chi connectivity index (χ1v) is 5.17. The lowest BCUT2D eigenvalue weighted by Crippen LogP contribution is -2.11. The molecule has 1 rings (SSSR count). The molecule has 0 aromatic heterocycles. The molecule has 0 amide bonds. The Morgan fingerprint density at radius 2 is 1.93 bits per heavy atom. The third-order valence-corrected chi connectivity index (χ3v) is 2.29. The predicted molar refractivity (Wildman–Crippen MR) is 60.1 cm³/mol. The minimum absolute atomic E-state index is 0.281. The van der Waals surface area contributed by atoms with Crippen molar-refractivity contribution in [2.24, 2.45) is 5.41 Å². The summed E-state index contributed by atoms with van der Waals surface area (Å²) in [4.78, 5) is 0. The van der Waals surface area contributed by atoms with Crippen molar-refractivity contribution >= 4 is 0 Å². The smallest absolute Gasteiger partial charge is 0.0716 e. The van der Waals surface area contributed by atoms with Crippen molar-refractivity contribution in [2.45, 2.75) is 26.9 Å². The molecule has 0 heterocycles. The van der Waals surface area contributed by atoms with Gasteiger partial charge in [0, 0.05) is 6.61 Å². The molecule has 0 unspecified atom stereocenters. The molecule has 0 aliphatic rings. The lowest BCUT2D eigenvalue weighted by atomic mass is 9.92. The maximum atomic E-state index is 8.80. The van der Waals surface area contributed by atoms with Crippen molar-refractivity contribution in [3.8, 4) is 6.07 Å². The lowest BCUT2D eigenvalue weighted by Gasteiger charge is -2.14. The standard InChI is InChI=1S/C13H17NO/c1-13(2,11-14)8-9-15-10-12-6-4-3-5-7-12/h3-7H,8-10H2,1-2H3. The van der Waals surface area contributed by atoms with Gasteiger partial charge < -0.3 is 4.74 Å². The van der Waals surface area contributed by atoms with Gasteiger partial charge >= 0.3 is 0 Å². The molecule has 2 heteroatoms. The molecule has 0 atom stereocenters. The van der Waals surface area contributed by atoms with Crippen LogP contribution < -0.4 is 0 Å². The third-order valence-electron chi connectivity index (χ3n) is 2.29. The molecule has 1 aromatic carbocycles. The maximum Gasteiger partial charge on any atom is 0.0716 e. The second kappa shape index (κ2) is 5.53. The van der Waals surface area contributed by atoms with Crippen LogP contribution in [0.25, 0.3) is 0 Å². The van der Waals surface area contributed by atoms with Gasteiger partial charge in [-0.25, -0.2) is 0 Å². The van der Waals surface area contributed by atoms with E-state index in [2.05, 4.69) is 6.07 Å². The lowest BCUT2D eigenvalue weighted by molar-refractivity contribution is 0.102. The zero-order valence-electron chi connectivity index (χ0n) is 9.36. The van der Waals surface area contributed by atoms with Crippen LogP contribution in [0.1, 0.15) is 25.8 Å². The van der Waals surface area contributed by atoms with Crippen LogP contribution in [-0.2, 0) is 11.3 Å². The molecule has 0 bridgehead atoms. The molecule has 15 heavy (non-hydrogen) atoms. The van der Waals surface area contributed by atoms with E-state index in [1.165, 1.54) is 5.56 Å². The molecular weight excluding hydrogens is 186 g/mol. The fourth-order valence-electron chi connectivity index (χ4n) is 1.15. The van der Waals surface area contributed by atoms with E-state index in [0.717, 1.165) is 6.42 Å². The van der Waals surface area contributed by atoms with E-state index in [1.807, 2.05) is 44.2 Å². The predicted octanol–water partition coefficient (Wildman–Crippen LogP) is 3.14. The van der Waals surface area contributed by atoms with E-state index >= 15 is 0 Å². The molecule has 0 N–H and O–H groups in total. The highest BCUT2D eigenvalue weighted by molar-refractivity contribution is 5.13. The monoisotopic (exact) mass is 203 g/mol. The normalized spacial score (nSPS) is 11.0. The minimum Gasteiger partial charge on any atom is -0.377 e. The molecule has 0 fully saturated rings. The van der Waals surface area contributed by atoms with E-state index < -0.39 is 0 Å². The molecular formula is C13H17NO. The van der Waals surface area contributed by atoms with Crippen molar-refractivity contribution in [1.29, 1.82) is 5.26 Å². The molecule has 0 saturated heterocycles. The van der Waals surface area contributed by atoms with Crippen molar-refractivity contribution in [3.05, 3.63) is 35.9 Å². The van der Waals surface area contributed by atoms with Gasteiger partial charge in [0.25, 0.3) is 0 Å². The Bertz CT molecular complexity index is 324. The van der Waals surface area contributed by atoms with Gasteiger partial charge in [0.1, 0.15) is 0 Å². The summed E-state index contributed by atoms with van der Waals surface area (Å²) in [5, 5.41) is 8.80. The Morgan fingerprint density at radius 3 is 2.53 bits per heavy atom. The van der Waals surface area contributed by atoms with Gasteiger partial charge in [-0.2, -0.15) is 5.26 Å². The highest BCUT2D eigenvalue weighted by Gasteiger charge is 2.15. The van der Waals surface area contributed by atoms with Crippen LogP contribution in [0.3, 0.4) is 0 Å². The Balaban J connectivity index is 2.21. The van der Waals surface area contributed by atoms with Gasteiger partial charge in [-0.15, -0.1) is 0 Å². The quantitative estimate of drug-likeness (QED) is 0.689. The summed E-state index contributed by atoms with van der Waals surface area (Å²) in [6.07, 6.45) is 0.774. The highest BCUT2D eigenvalue weighted by Crippen LogP contribution is 2.18. The van der Waals surface area contributed by atoms with Gasteiger partial charge in [-0.05, 0) is 25.8 Å². The Morgan fingerprint density at radius 1 is 1.27 bits per heavy atom. The highest BCUT2D eigenvalue weighted by atomic mass is 16.5. The summed E-state index contributed by atoms with van der Waals surface area (Å²) in [5.74, 6) is 0. The van der Waals surface area contributed by atoms with Crippen LogP contribution in [0.5, 0.6) is 0 Å². The van der Waals surface area contributed by atoms with Crippen molar-refractivity contribution in [3.63, 3.8) is 0 Å². The Hall–Kier alpha value is -1.33. The number of ether oxygens (including phenoxy) is 1. The topological polar surface area (TPSA) is 33.0 Å². The molecule has 0 spiro atoms. The summed E-state index contributed by atoms with van der Waals surface area (Å²) in [6.45, 7) is 5.12. The van der Waals surface area contributed by atoms with Crippen LogP contribution in [0.2, 0.25) is 0 Å². The first kappa shape index (κ1) is 11.7. The summed E-state index contributed by atoms with van der Waals surface area (Å²) >= 11 is 0. The summed E-state index contributed by atoms with van der Waals surface area (Å²) in [6, 6.07) is 12.3. The molecule has 0 aliphatic heterocycles. The number of rotatable bonds is 5. The largest absolute Gasteiger partial charge is 0.377 e. The van der Waals surface area contributed by atoms with E-state index in [4.69, 9.17) is 10.00 Å². The van der Waals surface area contributed by atoms with Crippen molar-refractivity contribution in [1.82, 2.24) is 0 Å². The second-order valence-electron chi connectivity index (χ2n) is 4.28. The summed E-state index contributed by atoms with van der Waals surface area (Å²) in [7, 11) is 0. The molecule has 80 valence electrons. The number of nitriles is 1. The molecule has 2 nitrogen and oxygen atoms in total. The van der Waals surface area contributed by atoms with Crippen LogP contribution in [0.15, 0.2) is 30.3 Å². The molecule has 0 aliphatic carbocycles. The van der Waals surface area contributed by atoms with Crippen LogP contribution in [-0.4, -0.2) is 6.61 Å². The zero-order chi connectivity index (χ0) is 11.1. The van der Waals surface area contributed by atoms with Crippen LogP contribution in [0.4, 0.5) is 0 Å². The number of hydrogen-bond acceptors (Lipinski definition) is 2. The average molecular weight is 203 g/mol. The van der Waals surface area contributed by atoms with Gasteiger partial charge in [0.2, 0.25) is 0 Å². The SMILES string of the molecule is CC(C)(C#N)CCOCc1ccccc1. The summed E-state index contributed by atoms with van der Waals surface area (Å²) in [5.41, 5.74) is 0.892. The average Bonchev–Trinajstić information content (AvgIpc) is 2.26. The fraction of sp³-hybridized carbons (Fsp3) is 0.462. The van der Waals surface area contributed by atoms with Crippen LogP contribution >= 0.6 is 0 Å². The number of nitrogens with zero attached hydrogens (tertiary/aromatic N) is 1. The van der Waals surface area contributed by atoms with Crippen molar-refractivity contribution in [2.75, 3.05) is 6.61 Å². The van der Waals surface area contributed by atoms with Gasteiger partial charge in [-0.1, -0.05) is 30.3 Å². The Labute approximate surface area is 91.5 Å². The number of hydrogen-bond donors (Lipinski definition) is 0. The zero-order valence-corrected chi connectivity index (χ0v) is 9.36. The van der Waals surface area contributed by atoms with Gasteiger partial charge in [-0.3, -0.25) is 0 Å². The van der Waals surface area contributed by atoms with E-state index in [9.17, 15) is 0 Å². The van der Waals surface area contributed by atoms with Crippen LogP contribution in [0, 0.1) is 16.7 Å².